The van der Waals surface area contributed by atoms with Gasteiger partial charge in [-0.15, -0.1) is 0 Å². The fourth-order valence-electron chi connectivity index (χ4n) is 2.12. The van der Waals surface area contributed by atoms with E-state index in [1.807, 2.05) is 0 Å². The number of carbonyl (C=O) groups excluding carboxylic acids is 1. The van der Waals surface area contributed by atoms with Gasteiger partial charge in [0.1, 0.15) is 0 Å². The predicted octanol–water partition coefficient (Wildman–Crippen LogP) is 4.41. The molecule has 142 valence electrons. The Labute approximate surface area is 168 Å². The Bertz CT molecular complexity index is 1020. The standard InChI is InChI=1S/C19H17Cl2NO4S/c1-13-11-16(8-9-17(13)21)27(24,25)22-18-10-7-15(20)12-14(18)5-3-4-6-19(23)26-2/h7-12,22H,4,6H2,1-2H3. The number of hydrogen-bond acceptors (Lipinski definition) is 4. The molecule has 0 saturated heterocycles. The van der Waals surface area contributed by atoms with Gasteiger partial charge in [-0.1, -0.05) is 35.0 Å². The van der Waals surface area contributed by atoms with E-state index in [1.54, 1.807) is 19.1 Å². The topological polar surface area (TPSA) is 72.5 Å². The Morgan fingerprint density at radius 2 is 1.93 bits per heavy atom. The summed E-state index contributed by atoms with van der Waals surface area (Å²) < 4.78 is 32.4. The second-order valence-corrected chi connectivity index (χ2v) is 8.11. The highest BCUT2D eigenvalue weighted by molar-refractivity contribution is 7.92. The van der Waals surface area contributed by atoms with Gasteiger partial charge < -0.3 is 4.74 Å². The number of rotatable bonds is 5. The molecule has 0 aliphatic carbocycles. The zero-order valence-corrected chi connectivity index (χ0v) is 17.0. The number of aryl methyl sites for hydroxylation is 1. The van der Waals surface area contributed by atoms with Gasteiger partial charge in [0, 0.05) is 16.5 Å². The molecule has 0 heterocycles. The number of methoxy groups -OCH3 is 1. The van der Waals surface area contributed by atoms with Crippen molar-refractivity contribution in [1.29, 1.82) is 0 Å². The van der Waals surface area contributed by atoms with E-state index in [9.17, 15) is 13.2 Å². The van der Waals surface area contributed by atoms with E-state index in [0.29, 0.717) is 21.2 Å². The first-order valence-electron chi connectivity index (χ1n) is 7.87. The molecule has 1 N–H and O–H groups in total. The van der Waals surface area contributed by atoms with Gasteiger partial charge in [-0.2, -0.15) is 0 Å². The third-order valence-electron chi connectivity index (χ3n) is 3.57. The van der Waals surface area contributed by atoms with Gasteiger partial charge in [0.25, 0.3) is 10.0 Å². The zero-order chi connectivity index (χ0) is 20.0. The van der Waals surface area contributed by atoms with Crippen LogP contribution in [0.2, 0.25) is 10.0 Å². The number of esters is 1. The highest BCUT2D eigenvalue weighted by Gasteiger charge is 2.17. The lowest BCUT2D eigenvalue weighted by atomic mass is 10.2. The molecule has 0 atom stereocenters. The summed E-state index contributed by atoms with van der Waals surface area (Å²) in [7, 11) is -2.53. The van der Waals surface area contributed by atoms with E-state index in [4.69, 9.17) is 23.2 Å². The summed E-state index contributed by atoms with van der Waals surface area (Å²) in [6.07, 6.45) is 0.428. The number of halogens is 2. The fourth-order valence-corrected chi connectivity index (χ4v) is 3.58. The lowest BCUT2D eigenvalue weighted by Gasteiger charge is -2.11. The molecule has 8 heteroatoms. The molecular weight excluding hydrogens is 409 g/mol. The van der Waals surface area contributed by atoms with Crippen molar-refractivity contribution >= 4 is 44.9 Å². The molecule has 2 aromatic carbocycles. The van der Waals surface area contributed by atoms with Crippen LogP contribution in [0.3, 0.4) is 0 Å². The van der Waals surface area contributed by atoms with E-state index in [1.165, 1.54) is 31.4 Å². The van der Waals surface area contributed by atoms with Crippen LogP contribution >= 0.6 is 23.2 Å². The van der Waals surface area contributed by atoms with E-state index in [2.05, 4.69) is 21.3 Å². The summed E-state index contributed by atoms with van der Waals surface area (Å²) in [5.74, 6) is 5.29. The van der Waals surface area contributed by atoms with Crippen LogP contribution in [0.5, 0.6) is 0 Å². The normalized spacial score (nSPS) is 10.7. The number of benzene rings is 2. The maximum absolute atomic E-state index is 12.7. The fraction of sp³-hybridized carbons (Fsp3) is 0.211. The summed E-state index contributed by atoms with van der Waals surface area (Å²) in [6, 6.07) is 9.09. The minimum atomic E-state index is -3.83. The zero-order valence-electron chi connectivity index (χ0n) is 14.7. The number of sulfonamides is 1. The van der Waals surface area contributed by atoms with Crippen molar-refractivity contribution in [2.75, 3.05) is 11.8 Å². The third kappa shape index (κ3) is 5.90. The van der Waals surface area contributed by atoms with Crippen molar-refractivity contribution in [3.05, 3.63) is 57.6 Å². The molecule has 0 unspecified atom stereocenters. The number of hydrogen-bond donors (Lipinski definition) is 1. The van der Waals surface area contributed by atoms with Gasteiger partial charge in [0.15, 0.2) is 0 Å². The van der Waals surface area contributed by atoms with E-state index in [-0.39, 0.29) is 29.4 Å². The van der Waals surface area contributed by atoms with Crippen molar-refractivity contribution in [1.82, 2.24) is 0 Å². The first-order chi connectivity index (χ1) is 12.7. The second-order valence-electron chi connectivity index (χ2n) is 5.58. The van der Waals surface area contributed by atoms with Crippen LogP contribution in [-0.2, 0) is 19.6 Å². The van der Waals surface area contributed by atoms with Gasteiger partial charge in [-0.3, -0.25) is 9.52 Å². The van der Waals surface area contributed by atoms with Crippen molar-refractivity contribution in [2.45, 2.75) is 24.7 Å². The molecule has 2 rings (SSSR count). The molecule has 0 aliphatic rings. The van der Waals surface area contributed by atoms with Crippen LogP contribution in [0, 0.1) is 18.8 Å². The lowest BCUT2D eigenvalue weighted by molar-refractivity contribution is -0.140. The first kappa shape index (κ1) is 21.1. The van der Waals surface area contributed by atoms with Crippen molar-refractivity contribution in [2.24, 2.45) is 0 Å². The SMILES string of the molecule is COC(=O)CCC#Cc1cc(Cl)ccc1NS(=O)(=O)c1ccc(Cl)c(C)c1. The Balaban J connectivity index is 2.29. The molecule has 0 amide bonds. The number of nitrogens with one attached hydrogen (secondary N) is 1. The molecule has 0 bridgehead atoms. The molecule has 0 radical (unpaired) electrons. The van der Waals surface area contributed by atoms with E-state index < -0.39 is 10.0 Å². The Morgan fingerprint density at radius 1 is 1.19 bits per heavy atom. The smallest absolute Gasteiger partial charge is 0.306 e. The average molecular weight is 426 g/mol. The second kappa shape index (κ2) is 9.14. The van der Waals surface area contributed by atoms with E-state index >= 15 is 0 Å². The maximum atomic E-state index is 12.7. The average Bonchev–Trinajstić information content (AvgIpc) is 2.62. The largest absolute Gasteiger partial charge is 0.469 e. The third-order valence-corrected chi connectivity index (χ3v) is 5.59. The summed E-state index contributed by atoms with van der Waals surface area (Å²) in [6.45, 7) is 1.72. The van der Waals surface area contributed by atoms with Crippen LogP contribution in [0.25, 0.3) is 0 Å². The minimum absolute atomic E-state index is 0.0870. The maximum Gasteiger partial charge on any atom is 0.306 e. The van der Waals surface area contributed by atoms with Crippen LogP contribution in [0.1, 0.15) is 24.0 Å². The van der Waals surface area contributed by atoms with E-state index in [0.717, 1.165) is 0 Å². The van der Waals surface area contributed by atoms with Gasteiger partial charge in [0.2, 0.25) is 0 Å². The molecule has 0 spiro atoms. The minimum Gasteiger partial charge on any atom is -0.469 e. The monoisotopic (exact) mass is 425 g/mol. The molecule has 27 heavy (non-hydrogen) atoms. The summed E-state index contributed by atoms with van der Waals surface area (Å²) in [5, 5.41) is 0.898. The molecule has 0 fully saturated rings. The molecule has 2 aromatic rings. The van der Waals surface area contributed by atoms with Crippen LogP contribution < -0.4 is 4.72 Å². The molecular formula is C19H17Cl2NO4S. The van der Waals surface area contributed by atoms with Gasteiger partial charge >= 0.3 is 5.97 Å². The highest BCUT2D eigenvalue weighted by Crippen LogP contribution is 2.25. The number of anilines is 1. The highest BCUT2D eigenvalue weighted by atomic mass is 35.5. The predicted molar refractivity (Wildman–Crippen MR) is 107 cm³/mol. The molecule has 5 nitrogen and oxygen atoms in total. The summed E-state index contributed by atoms with van der Waals surface area (Å²) >= 11 is 12.0. The van der Waals surface area contributed by atoms with Crippen LogP contribution in [-0.4, -0.2) is 21.5 Å². The van der Waals surface area contributed by atoms with Crippen molar-refractivity contribution in [3.63, 3.8) is 0 Å². The van der Waals surface area contributed by atoms with Crippen LogP contribution in [0.15, 0.2) is 41.3 Å². The Hall–Kier alpha value is -2.20. The molecule has 0 aliphatic heterocycles. The molecule has 0 aromatic heterocycles. The lowest BCUT2D eigenvalue weighted by Crippen LogP contribution is -2.14. The van der Waals surface area contributed by atoms with Gasteiger partial charge in [0.05, 0.1) is 29.7 Å². The Morgan fingerprint density at radius 3 is 2.59 bits per heavy atom. The van der Waals surface area contributed by atoms with Gasteiger partial charge in [-0.25, -0.2) is 8.42 Å². The molecule has 0 saturated carbocycles. The number of ether oxygens (including phenoxy) is 1. The summed E-state index contributed by atoms with van der Waals surface area (Å²) in [4.78, 5) is 11.2. The van der Waals surface area contributed by atoms with Crippen LogP contribution in [0.4, 0.5) is 5.69 Å². The van der Waals surface area contributed by atoms with Crippen molar-refractivity contribution < 1.29 is 17.9 Å². The van der Waals surface area contributed by atoms with Gasteiger partial charge in [-0.05, 0) is 48.9 Å². The quantitative estimate of drug-likeness (QED) is 0.568. The Kier molecular flexibility index (Phi) is 7.14. The number of carbonyl (C=O) groups is 1. The first-order valence-corrected chi connectivity index (χ1v) is 10.1. The summed E-state index contributed by atoms with van der Waals surface area (Å²) in [5.41, 5.74) is 1.35. The van der Waals surface area contributed by atoms with Crippen molar-refractivity contribution in [3.8, 4) is 11.8 Å².